The Morgan fingerprint density at radius 1 is 1.54 bits per heavy atom. The lowest BCUT2D eigenvalue weighted by Crippen LogP contribution is -2.34. The van der Waals surface area contributed by atoms with Crippen LogP contribution in [0.3, 0.4) is 0 Å². The van der Waals surface area contributed by atoms with E-state index in [1.807, 2.05) is 24.3 Å². The summed E-state index contributed by atoms with van der Waals surface area (Å²) >= 11 is 0. The summed E-state index contributed by atoms with van der Waals surface area (Å²) in [6.07, 6.45) is 0. The Hall–Kier alpha value is -1.51. The molecule has 1 unspecified atom stereocenters. The molecule has 3 nitrogen and oxygen atoms in total. The fourth-order valence-corrected chi connectivity index (χ4v) is 1.68. The molecule has 1 aliphatic rings. The van der Waals surface area contributed by atoms with Crippen LogP contribution in [0.1, 0.15) is 12.5 Å². The monoisotopic (exact) mass is 177 g/mol. The van der Waals surface area contributed by atoms with Crippen LogP contribution in [-0.4, -0.2) is 17.6 Å². The van der Waals surface area contributed by atoms with Gasteiger partial charge in [0.15, 0.2) is 0 Å². The minimum Gasteiger partial charge on any atom is -0.481 e. The van der Waals surface area contributed by atoms with Crippen LogP contribution in [0.2, 0.25) is 0 Å². The molecule has 0 saturated carbocycles. The van der Waals surface area contributed by atoms with E-state index in [-0.39, 0.29) is 0 Å². The molecule has 0 aromatic heterocycles. The summed E-state index contributed by atoms with van der Waals surface area (Å²) < 4.78 is 0. The fourth-order valence-electron chi connectivity index (χ4n) is 1.68. The molecule has 68 valence electrons. The van der Waals surface area contributed by atoms with E-state index < -0.39 is 11.4 Å². The summed E-state index contributed by atoms with van der Waals surface area (Å²) in [5.74, 6) is -0.773. The molecule has 1 aromatic carbocycles. The largest absolute Gasteiger partial charge is 0.481 e. The van der Waals surface area contributed by atoms with Crippen molar-refractivity contribution in [1.29, 1.82) is 0 Å². The second-order valence-corrected chi connectivity index (χ2v) is 3.54. The Morgan fingerprint density at radius 2 is 2.23 bits per heavy atom. The number of anilines is 1. The number of carbonyl (C=O) groups is 1. The number of rotatable bonds is 1. The van der Waals surface area contributed by atoms with Gasteiger partial charge in [0.05, 0.1) is 0 Å². The number of benzene rings is 1. The maximum atomic E-state index is 11.0. The molecule has 1 atom stereocenters. The lowest BCUT2D eigenvalue weighted by atomic mass is 9.85. The first-order valence-electron chi connectivity index (χ1n) is 4.21. The number of nitrogens with one attached hydrogen (secondary N) is 1. The van der Waals surface area contributed by atoms with Crippen LogP contribution in [0.25, 0.3) is 0 Å². The van der Waals surface area contributed by atoms with Crippen LogP contribution in [0.4, 0.5) is 5.69 Å². The molecule has 2 N–H and O–H groups in total. The molecule has 1 aromatic rings. The number of fused-ring (bicyclic) bond motifs is 1. The van der Waals surface area contributed by atoms with Gasteiger partial charge in [-0.05, 0) is 18.6 Å². The average Bonchev–Trinajstić information content (AvgIpc) is 2.47. The third-order valence-electron chi connectivity index (χ3n) is 2.63. The molecular formula is C10H11NO2. The van der Waals surface area contributed by atoms with Gasteiger partial charge < -0.3 is 10.4 Å². The highest BCUT2D eigenvalue weighted by Crippen LogP contribution is 2.36. The van der Waals surface area contributed by atoms with Crippen LogP contribution in [-0.2, 0) is 10.2 Å². The van der Waals surface area contributed by atoms with Crippen LogP contribution in [0.15, 0.2) is 24.3 Å². The Labute approximate surface area is 76.4 Å². The molecule has 0 amide bonds. The maximum Gasteiger partial charge on any atom is 0.315 e. The van der Waals surface area contributed by atoms with Gasteiger partial charge in [-0.2, -0.15) is 0 Å². The summed E-state index contributed by atoms with van der Waals surface area (Å²) in [6.45, 7) is 2.22. The van der Waals surface area contributed by atoms with Crippen molar-refractivity contribution in [3.8, 4) is 0 Å². The number of aliphatic carboxylic acids is 1. The van der Waals surface area contributed by atoms with Crippen molar-refractivity contribution in [2.24, 2.45) is 0 Å². The zero-order valence-corrected chi connectivity index (χ0v) is 7.37. The molecule has 0 fully saturated rings. The number of carboxylic acid groups (broad SMARTS) is 1. The third kappa shape index (κ3) is 1.00. The van der Waals surface area contributed by atoms with Gasteiger partial charge in [0.25, 0.3) is 0 Å². The molecule has 1 heterocycles. The smallest absolute Gasteiger partial charge is 0.315 e. The summed E-state index contributed by atoms with van der Waals surface area (Å²) in [4.78, 5) is 11.0. The van der Waals surface area contributed by atoms with Crippen LogP contribution in [0, 0.1) is 0 Å². The molecule has 2 rings (SSSR count). The average molecular weight is 177 g/mol. The summed E-state index contributed by atoms with van der Waals surface area (Å²) in [5.41, 5.74) is 1.05. The SMILES string of the molecule is CC1(C(=O)O)CNc2ccccc21. The molecule has 0 saturated heterocycles. The molecule has 1 aliphatic heterocycles. The Morgan fingerprint density at radius 3 is 2.92 bits per heavy atom. The molecule has 0 radical (unpaired) electrons. The lowest BCUT2D eigenvalue weighted by Gasteiger charge is -2.17. The summed E-state index contributed by atoms with van der Waals surface area (Å²) in [6, 6.07) is 7.54. The van der Waals surface area contributed by atoms with Gasteiger partial charge in [0.2, 0.25) is 0 Å². The topological polar surface area (TPSA) is 49.3 Å². The molecule has 0 aliphatic carbocycles. The van der Waals surface area contributed by atoms with E-state index in [9.17, 15) is 4.79 Å². The fraction of sp³-hybridized carbons (Fsp3) is 0.300. The predicted molar refractivity (Wildman–Crippen MR) is 49.9 cm³/mol. The number of hydrogen-bond acceptors (Lipinski definition) is 2. The first kappa shape index (κ1) is 8.10. The highest BCUT2D eigenvalue weighted by atomic mass is 16.4. The van der Waals surface area contributed by atoms with Gasteiger partial charge in [0, 0.05) is 12.2 Å². The van der Waals surface area contributed by atoms with Crippen molar-refractivity contribution >= 4 is 11.7 Å². The first-order valence-corrected chi connectivity index (χ1v) is 4.21. The Balaban J connectivity index is 2.55. The van der Waals surface area contributed by atoms with E-state index >= 15 is 0 Å². The summed E-state index contributed by atoms with van der Waals surface area (Å²) in [5, 5.41) is 12.2. The van der Waals surface area contributed by atoms with E-state index in [2.05, 4.69) is 5.32 Å². The standard InChI is InChI=1S/C10H11NO2/c1-10(9(12)13)6-11-8-5-3-2-4-7(8)10/h2-5,11H,6H2,1H3,(H,12,13). The second kappa shape index (κ2) is 2.49. The Bertz CT molecular complexity index is 362. The Kier molecular flexibility index (Phi) is 1.55. The molecular weight excluding hydrogens is 166 g/mol. The lowest BCUT2D eigenvalue weighted by molar-refractivity contribution is -0.142. The van der Waals surface area contributed by atoms with Gasteiger partial charge in [0.1, 0.15) is 5.41 Å². The third-order valence-corrected chi connectivity index (χ3v) is 2.63. The minimum atomic E-state index is -0.773. The van der Waals surface area contributed by atoms with E-state index in [0.717, 1.165) is 11.3 Å². The van der Waals surface area contributed by atoms with Crippen LogP contribution in [0.5, 0.6) is 0 Å². The highest BCUT2D eigenvalue weighted by molar-refractivity contribution is 5.86. The molecule has 3 heteroatoms. The number of carboxylic acids is 1. The molecule has 0 spiro atoms. The zero-order chi connectivity index (χ0) is 9.47. The zero-order valence-electron chi connectivity index (χ0n) is 7.37. The van der Waals surface area contributed by atoms with E-state index in [4.69, 9.17) is 5.11 Å². The van der Waals surface area contributed by atoms with Crippen LogP contribution < -0.4 is 5.32 Å². The van der Waals surface area contributed by atoms with Crippen molar-refractivity contribution in [1.82, 2.24) is 0 Å². The van der Waals surface area contributed by atoms with Crippen molar-refractivity contribution < 1.29 is 9.90 Å². The van der Waals surface area contributed by atoms with E-state index in [1.54, 1.807) is 6.92 Å². The predicted octanol–water partition coefficient (Wildman–Crippen LogP) is 1.45. The highest BCUT2D eigenvalue weighted by Gasteiger charge is 2.40. The number of hydrogen-bond donors (Lipinski definition) is 2. The van der Waals surface area contributed by atoms with Gasteiger partial charge in [-0.3, -0.25) is 4.79 Å². The second-order valence-electron chi connectivity index (χ2n) is 3.54. The molecule has 0 bridgehead atoms. The van der Waals surface area contributed by atoms with Crippen molar-refractivity contribution in [3.05, 3.63) is 29.8 Å². The maximum absolute atomic E-state index is 11.0. The molecule has 13 heavy (non-hydrogen) atoms. The van der Waals surface area contributed by atoms with Crippen molar-refractivity contribution in [3.63, 3.8) is 0 Å². The number of para-hydroxylation sites is 1. The first-order chi connectivity index (χ1) is 6.14. The normalized spacial score (nSPS) is 25.0. The quantitative estimate of drug-likeness (QED) is 0.682. The van der Waals surface area contributed by atoms with Gasteiger partial charge in [-0.1, -0.05) is 18.2 Å². The van der Waals surface area contributed by atoms with Crippen molar-refractivity contribution in [2.45, 2.75) is 12.3 Å². The minimum absolute atomic E-state index is 0.474. The van der Waals surface area contributed by atoms with Gasteiger partial charge in [-0.25, -0.2) is 0 Å². The van der Waals surface area contributed by atoms with Crippen molar-refractivity contribution in [2.75, 3.05) is 11.9 Å². The van der Waals surface area contributed by atoms with Gasteiger partial charge >= 0.3 is 5.97 Å². The van der Waals surface area contributed by atoms with Gasteiger partial charge in [-0.15, -0.1) is 0 Å². The van der Waals surface area contributed by atoms with E-state index in [0.29, 0.717) is 6.54 Å². The van der Waals surface area contributed by atoms with E-state index in [1.165, 1.54) is 0 Å². The summed E-state index contributed by atoms with van der Waals surface area (Å²) in [7, 11) is 0. The van der Waals surface area contributed by atoms with Crippen LogP contribution >= 0.6 is 0 Å².